The number of amides is 6. The lowest BCUT2D eigenvalue weighted by Crippen LogP contribution is -2.58. The van der Waals surface area contributed by atoms with Crippen molar-refractivity contribution in [2.24, 2.45) is 44.4 Å². The number of hydrogen-bond donors (Lipinski definition) is 12. The Hall–Kier alpha value is -5.87. The molecule has 23 nitrogen and oxygen atoms in total. The molecule has 0 spiro atoms. The lowest BCUT2D eigenvalue weighted by atomic mass is 10.1. The molecule has 58 heavy (non-hydrogen) atoms. The van der Waals surface area contributed by atoms with Gasteiger partial charge >= 0.3 is 5.97 Å². The van der Waals surface area contributed by atoms with Gasteiger partial charge in [0, 0.05) is 32.7 Å². The third-order valence-corrected chi connectivity index (χ3v) is 9.66. The third kappa shape index (κ3) is 15.9. The summed E-state index contributed by atoms with van der Waals surface area (Å²) in [7, 11) is 0. The highest BCUT2D eigenvalue weighted by Crippen LogP contribution is 2.21. The number of rotatable bonds is 24. The SMILES string of the molecule is C=C(N)NCCCC(NC(=O)C(C)NC(=O)C1CCCN1C(=O)C(CCCN=C(N)N)NC(=O)C(C)NC(=O)C1CCCN1C(=O)C(N)CCCN=C(N)N)C(=O)O. The van der Waals surface area contributed by atoms with Crippen molar-refractivity contribution >= 4 is 53.3 Å². The lowest BCUT2D eigenvalue weighted by molar-refractivity contribution is -0.143. The molecule has 0 aromatic heterocycles. The Morgan fingerprint density at radius 1 is 0.690 bits per heavy atom. The molecular formula is C35H63N15O8. The summed E-state index contributed by atoms with van der Waals surface area (Å²) in [6.45, 7) is 7.60. The van der Waals surface area contributed by atoms with Gasteiger partial charge in [0.2, 0.25) is 35.4 Å². The van der Waals surface area contributed by atoms with E-state index in [-0.39, 0.29) is 56.5 Å². The molecule has 7 unspecified atom stereocenters. The van der Waals surface area contributed by atoms with E-state index in [4.69, 9.17) is 34.4 Å². The van der Waals surface area contributed by atoms with E-state index in [9.17, 15) is 38.7 Å². The number of carboxylic acids is 1. The fraction of sp³-hybridized carbons (Fsp3) is 0.686. The molecule has 0 radical (unpaired) electrons. The van der Waals surface area contributed by atoms with Crippen LogP contribution in [0.5, 0.6) is 0 Å². The first-order valence-electron chi connectivity index (χ1n) is 19.4. The van der Waals surface area contributed by atoms with E-state index in [1.54, 1.807) is 0 Å². The first-order chi connectivity index (χ1) is 27.3. The van der Waals surface area contributed by atoms with Crippen LogP contribution in [0.2, 0.25) is 0 Å². The molecule has 0 bridgehead atoms. The maximum Gasteiger partial charge on any atom is 0.326 e. The van der Waals surface area contributed by atoms with Crippen LogP contribution in [0, 0.1) is 0 Å². The molecule has 18 N–H and O–H groups in total. The Morgan fingerprint density at radius 3 is 1.60 bits per heavy atom. The molecule has 326 valence electrons. The van der Waals surface area contributed by atoms with E-state index in [0.717, 1.165) is 0 Å². The van der Waals surface area contributed by atoms with Crippen LogP contribution in [0.25, 0.3) is 0 Å². The monoisotopic (exact) mass is 821 g/mol. The molecule has 2 saturated heterocycles. The van der Waals surface area contributed by atoms with E-state index in [1.165, 1.54) is 23.6 Å². The average molecular weight is 822 g/mol. The Morgan fingerprint density at radius 2 is 1.14 bits per heavy atom. The predicted molar refractivity (Wildman–Crippen MR) is 215 cm³/mol. The molecule has 0 aromatic rings. The summed E-state index contributed by atoms with van der Waals surface area (Å²) >= 11 is 0. The molecule has 6 amide bonds. The fourth-order valence-corrected chi connectivity index (χ4v) is 6.58. The van der Waals surface area contributed by atoms with Crippen molar-refractivity contribution < 1.29 is 38.7 Å². The van der Waals surface area contributed by atoms with E-state index >= 15 is 0 Å². The molecule has 2 aliphatic heterocycles. The van der Waals surface area contributed by atoms with Crippen molar-refractivity contribution in [2.75, 3.05) is 32.7 Å². The smallest absolute Gasteiger partial charge is 0.326 e. The average Bonchev–Trinajstić information content (AvgIpc) is 3.85. The van der Waals surface area contributed by atoms with Gasteiger partial charge in [-0.1, -0.05) is 6.58 Å². The van der Waals surface area contributed by atoms with Crippen LogP contribution in [-0.2, 0) is 33.6 Å². The van der Waals surface area contributed by atoms with Crippen LogP contribution < -0.4 is 61.0 Å². The van der Waals surface area contributed by atoms with Crippen molar-refractivity contribution in [2.45, 2.75) is 120 Å². The molecule has 2 rings (SSSR count). The second-order valence-corrected chi connectivity index (χ2v) is 14.4. The minimum atomic E-state index is -1.25. The maximum absolute atomic E-state index is 14.0. The highest BCUT2D eigenvalue weighted by atomic mass is 16.4. The first kappa shape index (κ1) is 48.3. The second-order valence-electron chi connectivity index (χ2n) is 14.4. The van der Waals surface area contributed by atoms with E-state index in [1.807, 2.05) is 0 Å². The summed E-state index contributed by atoms with van der Waals surface area (Å²) in [5.41, 5.74) is 33.1. The van der Waals surface area contributed by atoms with Crippen molar-refractivity contribution in [1.29, 1.82) is 0 Å². The number of hydrogen-bond acceptors (Lipinski definition) is 12. The number of aliphatic carboxylic acids is 1. The minimum Gasteiger partial charge on any atom is -0.480 e. The number of carboxylic acid groups (broad SMARTS) is 1. The number of nitrogens with zero attached hydrogens (tertiary/aromatic N) is 4. The molecular weight excluding hydrogens is 758 g/mol. The van der Waals surface area contributed by atoms with Gasteiger partial charge in [0.1, 0.15) is 36.3 Å². The van der Waals surface area contributed by atoms with E-state index < -0.39 is 83.7 Å². The van der Waals surface area contributed by atoms with Gasteiger partial charge in [0.15, 0.2) is 11.9 Å². The van der Waals surface area contributed by atoms with Crippen molar-refractivity contribution in [3.8, 4) is 0 Å². The highest BCUT2D eigenvalue weighted by Gasteiger charge is 2.40. The lowest BCUT2D eigenvalue weighted by Gasteiger charge is -2.30. The summed E-state index contributed by atoms with van der Waals surface area (Å²) in [5.74, 6) is -4.87. The summed E-state index contributed by atoms with van der Waals surface area (Å²) in [5, 5.41) is 22.7. The molecule has 2 heterocycles. The normalized spacial score (nSPS) is 18.7. The number of carbonyl (C=O) groups excluding carboxylic acids is 6. The fourth-order valence-electron chi connectivity index (χ4n) is 6.58. The molecule has 23 heteroatoms. The predicted octanol–water partition coefficient (Wildman–Crippen LogP) is -4.73. The number of guanidine groups is 2. The largest absolute Gasteiger partial charge is 0.480 e. The number of likely N-dealkylation sites (tertiary alicyclic amines) is 2. The van der Waals surface area contributed by atoms with Crippen LogP contribution in [0.1, 0.15) is 78.1 Å². The maximum atomic E-state index is 14.0. The Bertz CT molecular complexity index is 1530. The van der Waals surface area contributed by atoms with Gasteiger partial charge in [-0.3, -0.25) is 38.8 Å². The van der Waals surface area contributed by atoms with Crippen molar-refractivity contribution in [3.63, 3.8) is 0 Å². The van der Waals surface area contributed by atoms with Crippen LogP contribution in [0.4, 0.5) is 0 Å². The van der Waals surface area contributed by atoms with Gasteiger partial charge < -0.3 is 75.9 Å². The number of carbonyl (C=O) groups is 7. The molecule has 2 aliphatic rings. The Balaban J connectivity index is 2.09. The standard InChI is InChI=1S/C35H63N15O8/c1-19(45-29(53)25-12-7-17-49(25)31(55)22(37)9-4-15-43-34(38)39)27(51)47-23(10-5-16-44-35(40)41)32(56)50-18-8-13-26(50)30(54)46-20(2)28(52)48-24(33(57)58)11-6-14-42-21(3)36/h19-20,22-26,42H,3-18,36-37H2,1-2H3,(H,45,53)(H,46,54)(H,47,51)(H,48,52)(H,57,58)(H4,38,39,43)(H4,40,41,44). The zero-order valence-electron chi connectivity index (χ0n) is 33.4. The molecule has 0 aromatic carbocycles. The summed E-state index contributed by atoms with van der Waals surface area (Å²) < 4.78 is 0. The summed E-state index contributed by atoms with van der Waals surface area (Å²) in [4.78, 5) is 103. The summed E-state index contributed by atoms with van der Waals surface area (Å²) in [6.07, 6.45) is 3.18. The van der Waals surface area contributed by atoms with Gasteiger partial charge in [0.05, 0.1) is 11.9 Å². The third-order valence-electron chi connectivity index (χ3n) is 9.66. The van der Waals surface area contributed by atoms with Crippen LogP contribution in [0.3, 0.4) is 0 Å². The van der Waals surface area contributed by atoms with Gasteiger partial charge in [0.25, 0.3) is 0 Å². The highest BCUT2D eigenvalue weighted by molar-refractivity contribution is 5.97. The second kappa shape index (κ2) is 24.0. The zero-order chi connectivity index (χ0) is 43.5. The topological polar surface area (TPSA) is 387 Å². The molecule has 0 saturated carbocycles. The number of nitrogens with one attached hydrogen (secondary N) is 5. The Labute approximate surface area is 337 Å². The summed E-state index contributed by atoms with van der Waals surface area (Å²) in [6, 6.07) is -7.38. The van der Waals surface area contributed by atoms with Crippen molar-refractivity contribution in [3.05, 3.63) is 12.4 Å². The molecule has 2 fully saturated rings. The Kier molecular flexibility index (Phi) is 20.0. The van der Waals surface area contributed by atoms with Gasteiger partial charge in [-0.25, -0.2) is 4.79 Å². The first-order valence-corrected chi connectivity index (χ1v) is 19.4. The van der Waals surface area contributed by atoms with Gasteiger partial charge in [-0.15, -0.1) is 0 Å². The van der Waals surface area contributed by atoms with Crippen LogP contribution >= 0.6 is 0 Å². The van der Waals surface area contributed by atoms with Crippen LogP contribution in [-0.4, -0.2) is 143 Å². The molecule has 0 aliphatic carbocycles. The number of aliphatic imine (C=N–C) groups is 2. The van der Waals surface area contributed by atoms with E-state index in [0.29, 0.717) is 58.2 Å². The zero-order valence-corrected chi connectivity index (χ0v) is 33.4. The van der Waals surface area contributed by atoms with Gasteiger partial charge in [-0.2, -0.15) is 0 Å². The number of nitrogens with two attached hydrogens (primary N) is 6. The van der Waals surface area contributed by atoms with E-state index in [2.05, 4.69) is 43.1 Å². The molecule has 7 atom stereocenters. The van der Waals surface area contributed by atoms with Crippen molar-refractivity contribution in [1.82, 2.24) is 36.4 Å². The minimum absolute atomic E-state index is 0.0705. The quantitative estimate of drug-likeness (QED) is 0.0247. The van der Waals surface area contributed by atoms with Crippen LogP contribution in [0.15, 0.2) is 22.4 Å². The van der Waals surface area contributed by atoms with Gasteiger partial charge in [-0.05, 0) is 78.1 Å².